The van der Waals surface area contributed by atoms with Crippen LogP contribution in [-0.4, -0.2) is 34.8 Å². The number of amides is 2. The molecular formula is C23H29NO4. The first-order chi connectivity index (χ1) is 13.2. The van der Waals surface area contributed by atoms with Crippen molar-refractivity contribution in [1.82, 2.24) is 4.90 Å². The fourth-order valence-electron chi connectivity index (χ4n) is 5.64. The van der Waals surface area contributed by atoms with Gasteiger partial charge in [-0.05, 0) is 49.1 Å². The number of nitrogens with zero attached hydrogens (tertiary/aromatic N) is 1. The Bertz CT molecular complexity index is 810. The second-order valence-corrected chi connectivity index (χ2v) is 9.37. The number of hydrogen-bond acceptors (Lipinski definition) is 4. The summed E-state index contributed by atoms with van der Waals surface area (Å²) in [5.41, 5.74) is 0.823. The van der Waals surface area contributed by atoms with Crippen molar-refractivity contribution in [3.63, 3.8) is 0 Å². The third-order valence-electron chi connectivity index (χ3n) is 7.94. The molecule has 0 unspecified atom stereocenters. The van der Waals surface area contributed by atoms with Crippen molar-refractivity contribution in [2.45, 2.75) is 71.9 Å². The molecule has 2 fully saturated rings. The monoisotopic (exact) mass is 383 g/mol. The molecule has 5 heteroatoms. The Balaban J connectivity index is 1.57. The molecule has 0 saturated heterocycles. The van der Waals surface area contributed by atoms with Gasteiger partial charge in [-0.1, -0.05) is 46.2 Å². The van der Waals surface area contributed by atoms with Crippen LogP contribution in [0.5, 0.6) is 0 Å². The normalized spacial score (nSPS) is 31.2. The molecule has 2 aliphatic carbocycles. The Morgan fingerprint density at radius 3 is 2.25 bits per heavy atom. The summed E-state index contributed by atoms with van der Waals surface area (Å²) in [6.45, 7) is 8.70. The Kier molecular flexibility index (Phi) is 4.40. The SMILES string of the molecule is CCC[C@H](C(=O)O[C@@H]1C[C@@H]2CC[C@@]1(C)C2(C)C)N1C(=O)c2ccccc2C1=O. The molecule has 1 aliphatic heterocycles. The van der Waals surface area contributed by atoms with E-state index in [2.05, 4.69) is 20.8 Å². The van der Waals surface area contributed by atoms with Crippen LogP contribution >= 0.6 is 0 Å². The molecule has 3 aliphatic rings. The number of fused-ring (bicyclic) bond motifs is 3. The molecule has 1 heterocycles. The molecule has 0 spiro atoms. The van der Waals surface area contributed by atoms with E-state index in [4.69, 9.17) is 4.74 Å². The van der Waals surface area contributed by atoms with Gasteiger partial charge in [0.2, 0.25) is 0 Å². The number of carbonyl (C=O) groups excluding carboxylic acids is 3. The summed E-state index contributed by atoms with van der Waals surface area (Å²) in [6.07, 6.45) is 4.05. The van der Waals surface area contributed by atoms with Gasteiger partial charge in [0.15, 0.2) is 0 Å². The van der Waals surface area contributed by atoms with E-state index in [1.165, 1.54) is 6.42 Å². The number of rotatable bonds is 5. The lowest BCUT2D eigenvalue weighted by Crippen LogP contribution is -2.48. The lowest BCUT2D eigenvalue weighted by molar-refractivity contribution is -0.161. The van der Waals surface area contributed by atoms with Gasteiger partial charge in [-0.15, -0.1) is 0 Å². The molecule has 4 atom stereocenters. The number of ether oxygens (including phenoxy) is 1. The van der Waals surface area contributed by atoms with E-state index < -0.39 is 23.8 Å². The van der Waals surface area contributed by atoms with E-state index in [0.717, 1.165) is 17.7 Å². The smallest absolute Gasteiger partial charge is 0.329 e. The van der Waals surface area contributed by atoms with Gasteiger partial charge in [-0.3, -0.25) is 14.5 Å². The van der Waals surface area contributed by atoms with Crippen molar-refractivity contribution >= 4 is 17.8 Å². The van der Waals surface area contributed by atoms with Crippen molar-refractivity contribution in [2.75, 3.05) is 0 Å². The van der Waals surface area contributed by atoms with Gasteiger partial charge in [-0.25, -0.2) is 4.79 Å². The van der Waals surface area contributed by atoms with E-state index in [9.17, 15) is 14.4 Å². The summed E-state index contributed by atoms with van der Waals surface area (Å²) in [4.78, 5) is 40.0. The molecule has 150 valence electrons. The molecule has 0 aromatic heterocycles. The van der Waals surface area contributed by atoms with Crippen molar-refractivity contribution in [2.24, 2.45) is 16.7 Å². The standard InChI is InChI=1S/C23H29NO4/c1-5-8-17(24-19(25)15-9-6-7-10-16(15)20(24)26)21(27)28-18-13-14-11-12-23(18,4)22(14,2)3/h6-7,9-10,14,17-18H,5,8,11-13H2,1-4H3/t14-,17+,18+,23+/m0/s1. The molecule has 2 amide bonds. The lowest BCUT2D eigenvalue weighted by atomic mass is 9.70. The molecule has 0 radical (unpaired) electrons. The van der Waals surface area contributed by atoms with Crippen molar-refractivity contribution in [1.29, 1.82) is 0 Å². The first-order valence-corrected chi connectivity index (χ1v) is 10.4. The van der Waals surface area contributed by atoms with Crippen molar-refractivity contribution < 1.29 is 19.1 Å². The summed E-state index contributed by atoms with van der Waals surface area (Å²) in [6, 6.07) is 5.90. The summed E-state index contributed by atoms with van der Waals surface area (Å²) >= 11 is 0. The molecule has 5 nitrogen and oxygen atoms in total. The van der Waals surface area contributed by atoms with Gasteiger partial charge in [0.25, 0.3) is 11.8 Å². The van der Waals surface area contributed by atoms with Crippen LogP contribution in [0.1, 0.15) is 80.5 Å². The molecule has 28 heavy (non-hydrogen) atoms. The quantitative estimate of drug-likeness (QED) is 0.564. The molecule has 2 bridgehead atoms. The number of carbonyl (C=O) groups is 3. The highest BCUT2D eigenvalue weighted by atomic mass is 16.5. The Morgan fingerprint density at radius 2 is 1.79 bits per heavy atom. The number of hydrogen-bond donors (Lipinski definition) is 0. The van der Waals surface area contributed by atoms with E-state index >= 15 is 0 Å². The molecular weight excluding hydrogens is 354 g/mol. The second-order valence-electron chi connectivity index (χ2n) is 9.37. The average Bonchev–Trinajstić information content (AvgIpc) is 3.12. The van der Waals surface area contributed by atoms with Gasteiger partial charge in [0.1, 0.15) is 12.1 Å². The van der Waals surface area contributed by atoms with Crippen molar-refractivity contribution in [3.05, 3.63) is 35.4 Å². The van der Waals surface area contributed by atoms with Crippen LogP contribution in [0.15, 0.2) is 24.3 Å². The van der Waals surface area contributed by atoms with Crippen LogP contribution in [0.25, 0.3) is 0 Å². The highest BCUT2D eigenvalue weighted by Gasteiger charge is 2.63. The average molecular weight is 383 g/mol. The fraction of sp³-hybridized carbons (Fsp3) is 0.609. The summed E-state index contributed by atoms with van der Waals surface area (Å²) in [7, 11) is 0. The van der Waals surface area contributed by atoms with Crippen LogP contribution in [-0.2, 0) is 9.53 Å². The zero-order chi connectivity index (χ0) is 20.3. The Labute approximate surface area is 166 Å². The number of imide groups is 1. The predicted octanol–water partition coefficient (Wildman–Crippen LogP) is 4.21. The highest BCUT2D eigenvalue weighted by molar-refractivity contribution is 6.22. The third-order valence-corrected chi connectivity index (χ3v) is 7.94. The van der Waals surface area contributed by atoms with Crippen LogP contribution in [0.4, 0.5) is 0 Å². The van der Waals surface area contributed by atoms with Crippen LogP contribution in [0, 0.1) is 16.7 Å². The number of esters is 1. The van der Waals surface area contributed by atoms with E-state index in [0.29, 0.717) is 29.9 Å². The summed E-state index contributed by atoms with van der Waals surface area (Å²) < 4.78 is 6.02. The van der Waals surface area contributed by atoms with Gasteiger partial charge < -0.3 is 4.74 Å². The molecule has 4 rings (SSSR count). The Morgan fingerprint density at radius 1 is 1.18 bits per heavy atom. The van der Waals surface area contributed by atoms with E-state index in [1.807, 2.05) is 6.92 Å². The fourth-order valence-corrected chi connectivity index (χ4v) is 5.64. The largest absolute Gasteiger partial charge is 0.460 e. The van der Waals surface area contributed by atoms with Gasteiger partial charge >= 0.3 is 5.97 Å². The zero-order valence-electron chi connectivity index (χ0n) is 17.2. The first kappa shape index (κ1) is 19.2. The van der Waals surface area contributed by atoms with Crippen LogP contribution in [0.2, 0.25) is 0 Å². The van der Waals surface area contributed by atoms with E-state index in [-0.39, 0.29) is 16.9 Å². The highest BCUT2D eigenvalue weighted by Crippen LogP contribution is 2.66. The van der Waals surface area contributed by atoms with Crippen molar-refractivity contribution in [3.8, 4) is 0 Å². The summed E-state index contributed by atoms with van der Waals surface area (Å²) in [5, 5.41) is 0. The lowest BCUT2D eigenvalue weighted by Gasteiger charge is -2.39. The maximum absolute atomic E-state index is 13.2. The molecule has 0 N–H and O–H groups in total. The van der Waals surface area contributed by atoms with Gasteiger partial charge in [-0.2, -0.15) is 0 Å². The molecule has 2 saturated carbocycles. The minimum Gasteiger partial charge on any atom is -0.460 e. The van der Waals surface area contributed by atoms with E-state index in [1.54, 1.807) is 24.3 Å². The minimum absolute atomic E-state index is 0.0495. The molecule has 1 aromatic rings. The van der Waals surface area contributed by atoms with Crippen LogP contribution in [0.3, 0.4) is 0 Å². The maximum atomic E-state index is 13.2. The third kappa shape index (κ3) is 2.48. The molecule has 1 aromatic carbocycles. The number of benzene rings is 1. The Hall–Kier alpha value is -2.17. The van der Waals surface area contributed by atoms with Gasteiger partial charge in [0, 0.05) is 5.41 Å². The maximum Gasteiger partial charge on any atom is 0.329 e. The second kappa shape index (κ2) is 6.43. The first-order valence-electron chi connectivity index (χ1n) is 10.4. The zero-order valence-corrected chi connectivity index (χ0v) is 17.2. The predicted molar refractivity (Wildman–Crippen MR) is 105 cm³/mol. The summed E-state index contributed by atoms with van der Waals surface area (Å²) in [5.74, 6) is -0.670. The van der Waals surface area contributed by atoms with Crippen LogP contribution < -0.4 is 0 Å². The topological polar surface area (TPSA) is 63.7 Å². The van der Waals surface area contributed by atoms with Gasteiger partial charge in [0.05, 0.1) is 11.1 Å². The minimum atomic E-state index is -0.858.